The van der Waals surface area contributed by atoms with E-state index in [0.29, 0.717) is 41.1 Å². The molecule has 0 aromatic heterocycles. The minimum atomic E-state index is 0.376. The highest BCUT2D eigenvalue weighted by molar-refractivity contribution is 6.42. The molecule has 4 nitrogen and oxygen atoms in total. The summed E-state index contributed by atoms with van der Waals surface area (Å²) < 4.78 is 4.92. The second-order valence-electron chi connectivity index (χ2n) is 4.94. The number of nitrogens with one attached hydrogen (secondary N) is 1. The summed E-state index contributed by atoms with van der Waals surface area (Å²) in [5.74, 6) is 0.994. The van der Waals surface area contributed by atoms with Gasteiger partial charge in [0.2, 0.25) is 0 Å². The molecule has 0 unspecified atom stereocenters. The SMILES string of the molecule is COCCN=C(N)NC1CC(c2ccc(Cl)c(Cl)c2)C1. The number of benzene rings is 1. The van der Waals surface area contributed by atoms with Crippen molar-refractivity contribution in [2.24, 2.45) is 10.7 Å². The summed E-state index contributed by atoms with van der Waals surface area (Å²) in [5.41, 5.74) is 7.03. The predicted molar refractivity (Wildman–Crippen MR) is 83.7 cm³/mol. The number of methoxy groups -OCH3 is 1. The molecule has 0 heterocycles. The summed E-state index contributed by atoms with van der Waals surface area (Å²) >= 11 is 11.9. The number of rotatable bonds is 5. The second-order valence-corrected chi connectivity index (χ2v) is 5.76. The molecule has 0 radical (unpaired) electrons. The molecule has 6 heteroatoms. The number of nitrogens with two attached hydrogens (primary N) is 1. The van der Waals surface area contributed by atoms with Crippen LogP contribution in [0.3, 0.4) is 0 Å². The van der Waals surface area contributed by atoms with Crippen LogP contribution in [0.5, 0.6) is 0 Å². The quantitative estimate of drug-likeness (QED) is 0.499. The van der Waals surface area contributed by atoms with Crippen molar-refractivity contribution in [2.75, 3.05) is 20.3 Å². The Balaban J connectivity index is 1.79. The van der Waals surface area contributed by atoms with Gasteiger partial charge in [-0.25, -0.2) is 0 Å². The molecule has 1 aromatic rings. The molecule has 0 atom stereocenters. The molecule has 2 rings (SSSR count). The highest BCUT2D eigenvalue weighted by Crippen LogP contribution is 2.38. The number of aliphatic imine (C=N–C) groups is 1. The first-order valence-electron chi connectivity index (χ1n) is 6.60. The van der Waals surface area contributed by atoms with Crippen molar-refractivity contribution in [3.63, 3.8) is 0 Å². The van der Waals surface area contributed by atoms with E-state index in [1.165, 1.54) is 5.56 Å². The summed E-state index contributed by atoms with van der Waals surface area (Å²) in [6.45, 7) is 1.16. The third-order valence-electron chi connectivity index (χ3n) is 3.48. The molecule has 1 aromatic carbocycles. The molecule has 110 valence electrons. The smallest absolute Gasteiger partial charge is 0.188 e. The average Bonchev–Trinajstić information content (AvgIpc) is 2.37. The lowest BCUT2D eigenvalue weighted by atomic mass is 9.76. The van der Waals surface area contributed by atoms with Gasteiger partial charge in [0.1, 0.15) is 0 Å². The third kappa shape index (κ3) is 4.01. The Labute approximate surface area is 129 Å². The second kappa shape index (κ2) is 7.16. The summed E-state index contributed by atoms with van der Waals surface area (Å²) in [6, 6.07) is 6.20. The topological polar surface area (TPSA) is 59.6 Å². The fourth-order valence-electron chi connectivity index (χ4n) is 2.29. The standard InChI is InChI=1S/C14H19Cl2N3O/c1-20-5-4-18-14(17)19-11-6-10(7-11)9-2-3-12(15)13(16)8-9/h2-3,8,10-11H,4-7H2,1H3,(H3,17,18,19). The monoisotopic (exact) mass is 315 g/mol. The van der Waals surface area contributed by atoms with E-state index in [9.17, 15) is 0 Å². The first-order valence-corrected chi connectivity index (χ1v) is 7.36. The van der Waals surface area contributed by atoms with Gasteiger partial charge in [-0.15, -0.1) is 0 Å². The lowest BCUT2D eigenvalue weighted by Crippen LogP contribution is -2.46. The Morgan fingerprint density at radius 3 is 2.80 bits per heavy atom. The first kappa shape index (κ1) is 15.4. The third-order valence-corrected chi connectivity index (χ3v) is 4.22. The van der Waals surface area contributed by atoms with Crippen molar-refractivity contribution in [2.45, 2.75) is 24.8 Å². The van der Waals surface area contributed by atoms with Crippen molar-refractivity contribution in [1.82, 2.24) is 5.32 Å². The van der Waals surface area contributed by atoms with Crippen LogP contribution >= 0.6 is 23.2 Å². The molecule has 3 N–H and O–H groups in total. The minimum Gasteiger partial charge on any atom is -0.383 e. The van der Waals surface area contributed by atoms with Crippen LogP contribution in [-0.2, 0) is 4.74 Å². The molecule has 1 fully saturated rings. The Kier molecular flexibility index (Phi) is 5.52. The van der Waals surface area contributed by atoms with Gasteiger partial charge in [0.15, 0.2) is 5.96 Å². The molecule has 0 saturated heterocycles. The fraction of sp³-hybridized carbons (Fsp3) is 0.500. The van der Waals surface area contributed by atoms with Crippen LogP contribution in [0.4, 0.5) is 0 Å². The molecule has 1 aliphatic carbocycles. The van der Waals surface area contributed by atoms with Crippen LogP contribution in [0.15, 0.2) is 23.2 Å². The first-order chi connectivity index (χ1) is 9.60. The lowest BCUT2D eigenvalue weighted by molar-refractivity contribution is 0.207. The van der Waals surface area contributed by atoms with Crippen molar-refractivity contribution in [1.29, 1.82) is 0 Å². The molecular formula is C14H19Cl2N3O. The molecule has 20 heavy (non-hydrogen) atoms. The van der Waals surface area contributed by atoms with Gasteiger partial charge < -0.3 is 15.8 Å². The van der Waals surface area contributed by atoms with E-state index in [1.807, 2.05) is 18.2 Å². The number of ether oxygens (including phenoxy) is 1. The summed E-state index contributed by atoms with van der Waals surface area (Å²) in [7, 11) is 1.65. The summed E-state index contributed by atoms with van der Waals surface area (Å²) in [5, 5.41) is 4.42. The van der Waals surface area contributed by atoms with Crippen LogP contribution in [0.25, 0.3) is 0 Å². The zero-order valence-corrected chi connectivity index (χ0v) is 12.9. The van der Waals surface area contributed by atoms with E-state index in [2.05, 4.69) is 10.3 Å². The van der Waals surface area contributed by atoms with Gasteiger partial charge in [-0.2, -0.15) is 0 Å². The van der Waals surface area contributed by atoms with Crippen molar-refractivity contribution in [3.05, 3.63) is 33.8 Å². The molecule has 0 aliphatic heterocycles. The molecule has 0 amide bonds. The molecular weight excluding hydrogens is 297 g/mol. The van der Waals surface area contributed by atoms with E-state index in [1.54, 1.807) is 7.11 Å². The van der Waals surface area contributed by atoms with E-state index in [0.717, 1.165) is 12.8 Å². The highest BCUT2D eigenvalue weighted by atomic mass is 35.5. The Bertz CT molecular complexity index is 487. The van der Waals surface area contributed by atoms with Gasteiger partial charge in [-0.05, 0) is 36.5 Å². The van der Waals surface area contributed by atoms with Crippen LogP contribution in [-0.4, -0.2) is 32.3 Å². The van der Waals surface area contributed by atoms with Crippen LogP contribution in [0, 0.1) is 0 Å². The van der Waals surface area contributed by atoms with Gasteiger partial charge in [0.05, 0.1) is 23.2 Å². The van der Waals surface area contributed by atoms with Crippen molar-refractivity contribution < 1.29 is 4.74 Å². The molecule has 1 saturated carbocycles. The van der Waals surface area contributed by atoms with Gasteiger partial charge in [0, 0.05) is 13.2 Å². The largest absolute Gasteiger partial charge is 0.383 e. The van der Waals surface area contributed by atoms with Crippen LogP contribution in [0.2, 0.25) is 10.0 Å². The highest BCUT2D eigenvalue weighted by Gasteiger charge is 2.30. The van der Waals surface area contributed by atoms with Gasteiger partial charge >= 0.3 is 0 Å². The van der Waals surface area contributed by atoms with Gasteiger partial charge in [-0.1, -0.05) is 29.3 Å². The van der Waals surface area contributed by atoms with Crippen LogP contribution in [0.1, 0.15) is 24.3 Å². The molecule has 1 aliphatic rings. The van der Waals surface area contributed by atoms with E-state index >= 15 is 0 Å². The fourth-order valence-corrected chi connectivity index (χ4v) is 2.59. The summed E-state index contributed by atoms with van der Waals surface area (Å²) in [6.07, 6.45) is 2.05. The maximum Gasteiger partial charge on any atom is 0.188 e. The lowest BCUT2D eigenvalue weighted by Gasteiger charge is -2.36. The van der Waals surface area contributed by atoms with Crippen molar-refractivity contribution >= 4 is 29.2 Å². The zero-order chi connectivity index (χ0) is 14.5. The Hall–Kier alpha value is -0.970. The van der Waals surface area contributed by atoms with Gasteiger partial charge in [0.25, 0.3) is 0 Å². The molecule has 0 spiro atoms. The number of hydrogen-bond acceptors (Lipinski definition) is 2. The van der Waals surface area contributed by atoms with E-state index < -0.39 is 0 Å². The molecule has 0 bridgehead atoms. The maximum absolute atomic E-state index is 6.03. The Morgan fingerprint density at radius 2 is 2.15 bits per heavy atom. The van der Waals surface area contributed by atoms with Crippen molar-refractivity contribution in [3.8, 4) is 0 Å². The average molecular weight is 316 g/mol. The number of halogens is 2. The normalized spacial score (nSPS) is 22.4. The van der Waals surface area contributed by atoms with Crippen LogP contribution < -0.4 is 11.1 Å². The van der Waals surface area contributed by atoms with E-state index in [-0.39, 0.29) is 0 Å². The maximum atomic E-state index is 6.03. The zero-order valence-electron chi connectivity index (χ0n) is 11.4. The van der Waals surface area contributed by atoms with E-state index in [4.69, 9.17) is 33.7 Å². The number of hydrogen-bond donors (Lipinski definition) is 2. The minimum absolute atomic E-state index is 0.376. The number of nitrogens with zero attached hydrogens (tertiary/aromatic N) is 1. The summed E-state index contributed by atoms with van der Waals surface area (Å²) in [4.78, 5) is 4.18. The number of guanidine groups is 1. The Morgan fingerprint density at radius 1 is 1.40 bits per heavy atom. The predicted octanol–water partition coefficient (Wildman–Crippen LogP) is 2.79. The van der Waals surface area contributed by atoms with Gasteiger partial charge in [-0.3, -0.25) is 4.99 Å².